The van der Waals surface area contributed by atoms with Crippen LogP contribution < -0.4 is 4.74 Å². The van der Waals surface area contributed by atoms with Gasteiger partial charge in [-0.05, 0) is 44.2 Å². The second-order valence-corrected chi connectivity index (χ2v) is 7.76. The number of nitrogens with zero attached hydrogens (tertiary/aromatic N) is 2. The van der Waals surface area contributed by atoms with Crippen LogP contribution in [0.25, 0.3) is 0 Å². The van der Waals surface area contributed by atoms with Gasteiger partial charge in [0.1, 0.15) is 11.6 Å². The monoisotopic (exact) mass is 442 g/mol. The highest BCUT2D eigenvalue weighted by Gasteiger charge is 2.44. The lowest BCUT2D eigenvalue weighted by Crippen LogP contribution is -2.54. The summed E-state index contributed by atoms with van der Waals surface area (Å²) < 4.78 is 90.8. The van der Waals surface area contributed by atoms with Crippen molar-refractivity contribution in [3.05, 3.63) is 65.0 Å². The maximum Gasteiger partial charge on any atom is 0.227 e. The van der Waals surface area contributed by atoms with Crippen LogP contribution in [-0.2, 0) is 16.8 Å². The van der Waals surface area contributed by atoms with Gasteiger partial charge in [0, 0.05) is 41.3 Å². The number of amides is 1. The maximum atomic E-state index is 14.1. The Morgan fingerprint density at radius 1 is 1.29 bits per heavy atom. The number of piperidine rings is 1. The number of halogens is 3. The molecule has 0 aliphatic carbocycles. The Morgan fingerprint density at radius 3 is 2.81 bits per heavy atom. The number of rotatable bonds is 6. The first-order valence-electron chi connectivity index (χ1n) is 12.6. The summed E-state index contributed by atoms with van der Waals surface area (Å²) in [5, 5.41) is 11.7. The summed E-state index contributed by atoms with van der Waals surface area (Å²) in [6, 6.07) is 6.75. The minimum Gasteiger partial charge on any atom is -0.497 e. The summed E-state index contributed by atoms with van der Waals surface area (Å²) in [4.78, 5) is 15.3. The van der Waals surface area contributed by atoms with Gasteiger partial charge in [-0.2, -0.15) is 0 Å². The highest BCUT2D eigenvalue weighted by Crippen LogP contribution is 2.39. The van der Waals surface area contributed by atoms with Gasteiger partial charge < -0.3 is 19.6 Å². The standard InChI is InChI=1S/C23H27F3N2O3/c1-27(2)13-17-14-28(22(29)10-15-9-20(25)21(26)12-19(15)24)8-7-23(17,30)16-5-4-6-18(11-16)31-3/h4-6,9,11-12,17,30H,7-8,10,13-14H2,1-3H3/i1D3,3D3. The Bertz CT molecular complexity index is 1150. The van der Waals surface area contributed by atoms with Gasteiger partial charge >= 0.3 is 0 Å². The third-order valence-corrected chi connectivity index (χ3v) is 5.61. The lowest BCUT2D eigenvalue weighted by atomic mass is 9.75. The molecule has 1 aliphatic heterocycles. The average molecular weight is 443 g/mol. The zero-order chi connectivity index (χ0) is 27.8. The summed E-state index contributed by atoms with van der Waals surface area (Å²) >= 11 is 0. The van der Waals surface area contributed by atoms with Crippen LogP contribution >= 0.6 is 0 Å². The minimum atomic E-state index is -2.73. The molecule has 3 rings (SSSR count). The Hall–Kier alpha value is -2.58. The van der Waals surface area contributed by atoms with E-state index < -0.39 is 55.3 Å². The molecule has 1 aliphatic rings. The average Bonchev–Trinajstić information content (AvgIpc) is 2.77. The second-order valence-electron chi connectivity index (χ2n) is 7.76. The fraction of sp³-hybridized carbons (Fsp3) is 0.435. The second kappa shape index (κ2) is 9.28. The molecule has 168 valence electrons. The molecule has 8 heteroatoms. The van der Waals surface area contributed by atoms with Crippen molar-refractivity contribution in [2.24, 2.45) is 5.92 Å². The predicted octanol–water partition coefficient (Wildman–Crippen LogP) is 2.95. The molecule has 2 aromatic rings. The quantitative estimate of drug-likeness (QED) is 0.699. The van der Waals surface area contributed by atoms with Crippen LogP contribution in [0, 0.1) is 23.4 Å². The first kappa shape index (κ1) is 16.1. The van der Waals surface area contributed by atoms with E-state index in [-0.39, 0.29) is 42.9 Å². The number of benzene rings is 2. The fourth-order valence-corrected chi connectivity index (χ4v) is 3.97. The van der Waals surface area contributed by atoms with Crippen molar-refractivity contribution >= 4 is 5.91 Å². The number of aliphatic hydroxyl groups is 1. The van der Waals surface area contributed by atoms with Crippen LogP contribution in [0.2, 0.25) is 0 Å². The third kappa shape index (κ3) is 5.02. The minimum absolute atomic E-state index is 0.0149. The number of methoxy groups -OCH3 is 1. The Morgan fingerprint density at radius 2 is 2.06 bits per heavy atom. The third-order valence-electron chi connectivity index (χ3n) is 5.61. The van der Waals surface area contributed by atoms with E-state index in [0.29, 0.717) is 12.1 Å². The van der Waals surface area contributed by atoms with Crippen molar-refractivity contribution in [3.63, 3.8) is 0 Å². The Kier molecular flexibility index (Phi) is 4.82. The largest absolute Gasteiger partial charge is 0.497 e. The number of hydrogen-bond acceptors (Lipinski definition) is 4. The summed E-state index contributed by atoms with van der Waals surface area (Å²) in [5.74, 6) is -5.27. The number of carbonyl (C=O) groups excluding carboxylic acids is 1. The molecule has 0 spiro atoms. The van der Waals surface area contributed by atoms with E-state index in [9.17, 15) is 23.1 Å². The molecule has 0 radical (unpaired) electrons. The van der Waals surface area contributed by atoms with E-state index in [1.54, 1.807) is 6.07 Å². The topological polar surface area (TPSA) is 53.0 Å². The predicted molar refractivity (Wildman–Crippen MR) is 110 cm³/mol. The molecule has 2 atom stereocenters. The molecule has 0 bridgehead atoms. The van der Waals surface area contributed by atoms with Crippen molar-refractivity contribution < 1.29 is 36.0 Å². The molecular formula is C23H27F3N2O3. The summed E-state index contributed by atoms with van der Waals surface area (Å²) in [6.07, 6.45) is -0.624. The van der Waals surface area contributed by atoms with Gasteiger partial charge in [0.15, 0.2) is 11.6 Å². The first-order chi connectivity index (χ1) is 17.0. The van der Waals surface area contributed by atoms with Crippen molar-refractivity contribution in [3.8, 4) is 5.75 Å². The summed E-state index contributed by atoms with van der Waals surface area (Å²) in [5.41, 5.74) is -1.73. The molecule has 1 fully saturated rings. The zero-order valence-corrected chi connectivity index (χ0v) is 16.9. The van der Waals surface area contributed by atoms with E-state index in [2.05, 4.69) is 0 Å². The number of carbonyl (C=O) groups is 1. The van der Waals surface area contributed by atoms with Crippen molar-refractivity contribution in [2.45, 2.75) is 18.4 Å². The van der Waals surface area contributed by atoms with Gasteiger partial charge in [-0.3, -0.25) is 4.79 Å². The maximum absolute atomic E-state index is 14.1. The van der Waals surface area contributed by atoms with Crippen LogP contribution in [-0.4, -0.2) is 61.5 Å². The normalized spacial score (nSPS) is 25.1. The van der Waals surface area contributed by atoms with E-state index in [1.807, 2.05) is 0 Å². The van der Waals surface area contributed by atoms with Crippen molar-refractivity contribution in [1.82, 2.24) is 9.80 Å². The molecule has 0 saturated carbocycles. The van der Waals surface area contributed by atoms with Gasteiger partial charge in [0.05, 0.1) is 23.2 Å². The molecule has 1 amide bonds. The van der Waals surface area contributed by atoms with E-state index in [1.165, 1.54) is 30.1 Å². The molecule has 2 aromatic carbocycles. The Labute approximate surface area is 188 Å². The highest BCUT2D eigenvalue weighted by molar-refractivity contribution is 5.79. The van der Waals surface area contributed by atoms with Crippen molar-refractivity contribution in [1.29, 1.82) is 0 Å². The first-order valence-corrected chi connectivity index (χ1v) is 9.64. The van der Waals surface area contributed by atoms with E-state index in [4.69, 9.17) is 13.0 Å². The van der Waals surface area contributed by atoms with Crippen molar-refractivity contribution in [2.75, 3.05) is 40.7 Å². The highest BCUT2D eigenvalue weighted by atomic mass is 19.2. The van der Waals surface area contributed by atoms with Gasteiger partial charge in [0.2, 0.25) is 5.91 Å². The number of ether oxygens (including phenoxy) is 1. The lowest BCUT2D eigenvalue weighted by molar-refractivity contribution is -0.141. The van der Waals surface area contributed by atoms with Crippen LogP contribution in [0.5, 0.6) is 5.75 Å². The Balaban J connectivity index is 1.89. The van der Waals surface area contributed by atoms with Crippen LogP contribution in [0.15, 0.2) is 36.4 Å². The van der Waals surface area contributed by atoms with Crippen LogP contribution in [0.1, 0.15) is 25.8 Å². The SMILES string of the molecule is [2H]C([2H])([2H])Oc1cccc(C2(O)CCN(C(=O)Cc3cc(F)c(F)cc3F)CC2CN(C)C([2H])([2H])[2H])c1. The van der Waals surface area contributed by atoms with Crippen LogP contribution in [0.3, 0.4) is 0 Å². The number of likely N-dealkylation sites (tertiary alicyclic amines) is 1. The van der Waals surface area contributed by atoms with Gasteiger partial charge in [-0.15, -0.1) is 0 Å². The fourth-order valence-electron chi connectivity index (χ4n) is 3.97. The summed E-state index contributed by atoms with van der Waals surface area (Å²) in [7, 11) is -1.40. The molecule has 1 heterocycles. The van der Waals surface area contributed by atoms with Gasteiger partial charge in [-0.1, -0.05) is 12.1 Å². The number of hydrogen-bond donors (Lipinski definition) is 1. The molecular weight excluding hydrogens is 409 g/mol. The molecule has 5 nitrogen and oxygen atoms in total. The smallest absolute Gasteiger partial charge is 0.227 e. The zero-order valence-electron chi connectivity index (χ0n) is 22.9. The van der Waals surface area contributed by atoms with Gasteiger partial charge in [0.25, 0.3) is 0 Å². The molecule has 2 unspecified atom stereocenters. The van der Waals surface area contributed by atoms with E-state index >= 15 is 0 Å². The molecule has 1 N–H and O–H groups in total. The summed E-state index contributed by atoms with van der Waals surface area (Å²) in [6.45, 7) is -2.83. The molecule has 1 saturated heterocycles. The van der Waals surface area contributed by atoms with E-state index in [0.717, 1.165) is 4.90 Å². The molecule has 0 aromatic heterocycles. The molecule has 31 heavy (non-hydrogen) atoms. The lowest BCUT2D eigenvalue weighted by Gasteiger charge is -2.46. The van der Waals surface area contributed by atoms with Crippen LogP contribution in [0.4, 0.5) is 13.2 Å². The van der Waals surface area contributed by atoms with Gasteiger partial charge in [-0.25, -0.2) is 13.2 Å².